The number of aromatic amines is 1. The number of nitrogens with one attached hydrogen (secondary N) is 4. The van der Waals surface area contributed by atoms with Crippen molar-refractivity contribution in [1.82, 2.24) is 14.3 Å². The van der Waals surface area contributed by atoms with Gasteiger partial charge in [0, 0.05) is 23.3 Å². The van der Waals surface area contributed by atoms with Gasteiger partial charge in [0.15, 0.2) is 0 Å². The maximum Gasteiger partial charge on any atom is 0.333 e. The highest BCUT2D eigenvalue weighted by atomic mass is 35.5. The van der Waals surface area contributed by atoms with Gasteiger partial charge in [-0.2, -0.15) is 0 Å². The van der Waals surface area contributed by atoms with Crippen LogP contribution in [-0.4, -0.2) is 31.0 Å². The highest BCUT2D eigenvalue weighted by Gasteiger charge is 2.22. The van der Waals surface area contributed by atoms with Gasteiger partial charge < -0.3 is 15.6 Å². The Kier molecular flexibility index (Phi) is 6.40. The molecular weight excluding hydrogens is 521 g/mol. The van der Waals surface area contributed by atoms with E-state index in [1.807, 2.05) is 4.72 Å². The standard InChI is InChI=1S/C21H17ClFN5O5S2/c1-10-14(22)9-18(34-10)35(32,33)27-20(30)25-12-4-6-17(15(23)7-12)28-19(29)13-5-3-11(24-2)8-16(13)26-21(28)31/h3-9,24H,1-2H3,(H,26,31)(H2,25,27,30). The fourth-order valence-corrected chi connectivity index (χ4v) is 5.85. The number of fused-ring (bicyclic) bond motifs is 1. The Morgan fingerprint density at radius 2 is 1.83 bits per heavy atom. The molecule has 0 aliphatic heterocycles. The van der Waals surface area contributed by atoms with Gasteiger partial charge in [-0.1, -0.05) is 11.6 Å². The molecule has 4 aromatic rings. The molecule has 182 valence electrons. The molecule has 0 aliphatic carbocycles. The van der Waals surface area contributed by atoms with Crippen LogP contribution in [0.2, 0.25) is 5.02 Å². The highest BCUT2D eigenvalue weighted by molar-refractivity contribution is 7.92. The van der Waals surface area contributed by atoms with Crippen LogP contribution >= 0.6 is 22.9 Å². The van der Waals surface area contributed by atoms with Gasteiger partial charge in [0.25, 0.3) is 15.6 Å². The van der Waals surface area contributed by atoms with E-state index >= 15 is 0 Å². The Labute approximate surface area is 206 Å². The van der Waals surface area contributed by atoms with Gasteiger partial charge in [-0.15, -0.1) is 11.3 Å². The lowest BCUT2D eigenvalue weighted by Crippen LogP contribution is -2.35. The molecule has 0 atom stereocenters. The first-order valence-electron chi connectivity index (χ1n) is 9.86. The third-order valence-corrected chi connectivity index (χ3v) is 8.32. The number of carbonyl (C=O) groups is 1. The summed E-state index contributed by atoms with van der Waals surface area (Å²) in [4.78, 5) is 40.7. The molecule has 0 bridgehead atoms. The summed E-state index contributed by atoms with van der Waals surface area (Å²) in [5.41, 5.74) is -1.10. The van der Waals surface area contributed by atoms with Gasteiger partial charge in [-0.3, -0.25) is 4.79 Å². The first-order chi connectivity index (χ1) is 16.5. The van der Waals surface area contributed by atoms with Crippen molar-refractivity contribution in [2.24, 2.45) is 0 Å². The number of halogens is 2. The Bertz CT molecular complexity index is 1690. The molecule has 2 aromatic carbocycles. The van der Waals surface area contributed by atoms with Crippen LogP contribution in [0.1, 0.15) is 4.88 Å². The van der Waals surface area contributed by atoms with E-state index in [4.69, 9.17) is 11.6 Å². The summed E-state index contributed by atoms with van der Waals surface area (Å²) in [5, 5.41) is 5.50. The predicted molar refractivity (Wildman–Crippen MR) is 133 cm³/mol. The van der Waals surface area contributed by atoms with Crippen molar-refractivity contribution in [3.63, 3.8) is 0 Å². The number of nitrogens with zero attached hydrogens (tertiary/aromatic N) is 1. The van der Waals surface area contributed by atoms with Crippen LogP contribution in [0.5, 0.6) is 0 Å². The van der Waals surface area contributed by atoms with Crippen LogP contribution in [-0.2, 0) is 10.0 Å². The first kappa shape index (κ1) is 24.4. The Morgan fingerprint density at radius 3 is 2.46 bits per heavy atom. The monoisotopic (exact) mass is 537 g/mol. The Hall–Kier alpha value is -3.68. The summed E-state index contributed by atoms with van der Waals surface area (Å²) in [6.07, 6.45) is 0. The molecule has 0 saturated heterocycles. The van der Waals surface area contributed by atoms with Gasteiger partial charge in [0.2, 0.25) is 0 Å². The quantitative estimate of drug-likeness (QED) is 0.307. The second kappa shape index (κ2) is 9.17. The van der Waals surface area contributed by atoms with Crippen molar-refractivity contribution in [3.8, 4) is 5.69 Å². The second-order valence-electron chi connectivity index (χ2n) is 7.28. The number of benzene rings is 2. The van der Waals surface area contributed by atoms with Crippen molar-refractivity contribution in [2.45, 2.75) is 11.1 Å². The van der Waals surface area contributed by atoms with Crippen LogP contribution in [0, 0.1) is 12.7 Å². The number of hydrogen-bond donors (Lipinski definition) is 4. The molecule has 0 saturated carbocycles. The summed E-state index contributed by atoms with van der Waals surface area (Å²) in [5.74, 6) is -0.995. The topological polar surface area (TPSA) is 142 Å². The SMILES string of the molecule is CNc1ccc2c(=O)n(-c3ccc(NC(=O)NS(=O)(=O)c4cc(Cl)c(C)s4)cc3F)c(=O)[nH]c2c1. The van der Waals surface area contributed by atoms with Gasteiger partial charge in [-0.05, 0) is 49.4 Å². The summed E-state index contributed by atoms with van der Waals surface area (Å²) in [6, 6.07) is 7.97. The number of amides is 2. The van der Waals surface area contributed by atoms with Crippen molar-refractivity contribution in [3.05, 3.63) is 79.0 Å². The van der Waals surface area contributed by atoms with E-state index in [0.717, 1.165) is 23.5 Å². The molecule has 2 amide bonds. The maximum atomic E-state index is 14.9. The normalized spacial score (nSPS) is 11.4. The van der Waals surface area contributed by atoms with Gasteiger partial charge in [0.05, 0.1) is 21.6 Å². The molecule has 35 heavy (non-hydrogen) atoms. The number of aryl methyl sites for hydroxylation is 1. The molecule has 2 heterocycles. The lowest BCUT2D eigenvalue weighted by molar-refractivity contribution is 0.256. The second-order valence-corrected chi connectivity index (χ2v) is 10.8. The molecule has 14 heteroatoms. The summed E-state index contributed by atoms with van der Waals surface area (Å²) >= 11 is 6.76. The molecular formula is C21H17ClFN5O5S2. The van der Waals surface area contributed by atoms with E-state index in [1.165, 1.54) is 18.2 Å². The number of hydrogen-bond acceptors (Lipinski definition) is 7. The number of H-pyrrole nitrogens is 1. The number of rotatable bonds is 5. The van der Waals surface area contributed by atoms with Gasteiger partial charge in [0.1, 0.15) is 10.0 Å². The summed E-state index contributed by atoms with van der Waals surface area (Å²) in [7, 11) is -2.52. The van der Waals surface area contributed by atoms with Crippen molar-refractivity contribution in [2.75, 3.05) is 17.7 Å². The molecule has 2 aromatic heterocycles. The fraction of sp³-hybridized carbons (Fsp3) is 0.0952. The van der Waals surface area contributed by atoms with E-state index in [-0.39, 0.29) is 31.5 Å². The lowest BCUT2D eigenvalue weighted by Gasteiger charge is -2.11. The van der Waals surface area contributed by atoms with Crippen LogP contribution in [0.25, 0.3) is 16.6 Å². The van der Waals surface area contributed by atoms with E-state index in [9.17, 15) is 27.2 Å². The number of thiophene rings is 1. The zero-order valence-corrected chi connectivity index (χ0v) is 20.5. The zero-order chi connectivity index (χ0) is 25.5. The third-order valence-electron chi connectivity index (χ3n) is 4.96. The third kappa shape index (κ3) is 4.78. The Balaban J connectivity index is 1.61. The van der Waals surface area contributed by atoms with Gasteiger partial charge >= 0.3 is 11.7 Å². The number of urea groups is 1. The van der Waals surface area contributed by atoms with E-state index in [1.54, 1.807) is 26.1 Å². The first-order valence-corrected chi connectivity index (χ1v) is 12.5. The van der Waals surface area contributed by atoms with Crippen LogP contribution in [0.15, 0.2) is 56.3 Å². The number of carbonyl (C=O) groups excluding carboxylic acids is 1. The predicted octanol–water partition coefficient (Wildman–Crippen LogP) is 3.39. The Morgan fingerprint density at radius 1 is 1.11 bits per heavy atom. The molecule has 0 spiro atoms. The summed E-state index contributed by atoms with van der Waals surface area (Å²) < 4.78 is 41.9. The minimum absolute atomic E-state index is 0.108. The van der Waals surface area contributed by atoms with Crippen molar-refractivity contribution < 1.29 is 17.6 Å². The largest absolute Gasteiger partial charge is 0.388 e. The average Bonchev–Trinajstić information content (AvgIpc) is 3.13. The minimum atomic E-state index is -4.20. The number of sulfonamides is 1. The van der Waals surface area contributed by atoms with Gasteiger partial charge in [-0.25, -0.2) is 31.7 Å². The van der Waals surface area contributed by atoms with Crippen molar-refractivity contribution in [1.29, 1.82) is 0 Å². The molecule has 0 radical (unpaired) electrons. The maximum absolute atomic E-state index is 14.9. The lowest BCUT2D eigenvalue weighted by atomic mass is 10.2. The molecule has 10 nitrogen and oxygen atoms in total. The van der Waals surface area contributed by atoms with Crippen LogP contribution in [0.3, 0.4) is 0 Å². The minimum Gasteiger partial charge on any atom is -0.388 e. The number of aromatic nitrogens is 2. The van der Waals surface area contributed by atoms with Crippen LogP contribution in [0.4, 0.5) is 20.6 Å². The summed E-state index contributed by atoms with van der Waals surface area (Å²) in [6.45, 7) is 1.63. The number of anilines is 2. The van der Waals surface area contributed by atoms with Crippen LogP contribution < -0.4 is 26.6 Å². The van der Waals surface area contributed by atoms with Crippen molar-refractivity contribution >= 4 is 61.3 Å². The molecule has 0 unspecified atom stereocenters. The fourth-order valence-electron chi connectivity index (χ4n) is 3.25. The molecule has 4 rings (SSSR count). The average molecular weight is 538 g/mol. The molecule has 0 fully saturated rings. The highest BCUT2D eigenvalue weighted by Crippen LogP contribution is 2.29. The van der Waals surface area contributed by atoms with E-state index in [0.29, 0.717) is 15.1 Å². The smallest absolute Gasteiger partial charge is 0.333 e. The molecule has 4 N–H and O–H groups in total. The zero-order valence-electron chi connectivity index (χ0n) is 18.1. The molecule has 0 aliphatic rings. The van der Waals surface area contributed by atoms with E-state index in [2.05, 4.69) is 15.6 Å². The van der Waals surface area contributed by atoms with E-state index < -0.39 is 33.1 Å².